The first-order chi connectivity index (χ1) is 7.31. The molecule has 0 aliphatic carbocycles. The van der Waals surface area contributed by atoms with Gasteiger partial charge in [-0.1, -0.05) is 18.2 Å². The topological polar surface area (TPSA) is 33.1 Å². The van der Waals surface area contributed by atoms with Crippen molar-refractivity contribution in [3.05, 3.63) is 53.9 Å². The zero-order chi connectivity index (χ0) is 10.7. The zero-order valence-corrected chi connectivity index (χ0v) is 8.64. The van der Waals surface area contributed by atoms with Gasteiger partial charge in [-0.3, -0.25) is 4.98 Å². The minimum atomic E-state index is 0.0833. The van der Waals surface area contributed by atoms with Gasteiger partial charge in [-0.25, -0.2) is 0 Å². The predicted molar refractivity (Wildman–Crippen MR) is 60.3 cm³/mol. The van der Waals surface area contributed by atoms with Crippen LogP contribution in [0.4, 0.5) is 0 Å². The number of hydrogen-bond donors (Lipinski definition) is 1. The molecular formula is C13H13NO. The van der Waals surface area contributed by atoms with Gasteiger partial charge < -0.3 is 5.11 Å². The number of aliphatic hydroxyl groups is 1. The Morgan fingerprint density at radius 2 is 2.07 bits per heavy atom. The molecule has 1 N–H and O–H groups in total. The Labute approximate surface area is 89.2 Å². The van der Waals surface area contributed by atoms with Crippen LogP contribution in [0.25, 0.3) is 11.1 Å². The van der Waals surface area contributed by atoms with Gasteiger partial charge in [-0.15, -0.1) is 0 Å². The molecule has 0 radical (unpaired) electrons. The zero-order valence-electron chi connectivity index (χ0n) is 8.64. The molecule has 15 heavy (non-hydrogen) atoms. The highest BCUT2D eigenvalue weighted by Crippen LogP contribution is 2.21. The van der Waals surface area contributed by atoms with Gasteiger partial charge in [0, 0.05) is 12.4 Å². The van der Waals surface area contributed by atoms with Gasteiger partial charge in [0.05, 0.1) is 6.61 Å². The normalized spacial score (nSPS) is 10.3. The molecule has 2 rings (SSSR count). The second kappa shape index (κ2) is 4.24. The van der Waals surface area contributed by atoms with Gasteiger partial charge in [-0.05, 0) is 41.3 Å². The summed E-state index contributed by atoms with van der Waals surface area (Å²) in [6.07, 6.45) is 3.58. The summed E-state index contributed by atoms with van der Waals surface area (Å²) in [7, 11) is 0. The average Bonchev–Trinajstić information content (AvgIpc) is 2.31. The van der Waals surface area contributed by atoms with Crippen molar-refractivity contribution in [1.82, 2.24) is 4.98 Å². The Morgan fingerprint density at radius 1 is 1.20 bits per heavy atom. The number of benzene rings is 1. The number of hydrogen-bond acceptors (Lipinski definition) is 2. The van der Waals surface area contributed by atoms with Crippen LogP contribution in [0, 0.1) is 6.92 Å². The third kappa shape index (κ3) is 2.05. The molecule has 2 heteroatoms. The number of aromatic nitrogens is 1. The Balaban J connectivity index is 2.46. The lowest BCUT2D eigenvalue weighted by atomic mass is 10.0. The first-order valence-corrected chi connectivity index (χ1v) is 4.92. The van der Waals surface area contributed by atoms with Crippen LogP contribution < -0.4 is 0 Å². The molecule has 2 aromatic rings. The summed E-state index contributed by atoms with van der Waals surface area (Å²) in [4.78, 5) is 4.08. The highest BCUT2D eigenvalue weighted by Gasteiger charge is 2.01. The maximum Gasteiger partial charge on any atom is 0.0684 e. The SMILES string of the molecule is Cc1ccc(-c2cccnc2)cc1CO. The molecule has 0 amide bonds. The summed E-state index contributed by atoms with van der Waals surface area (Å²) in [5.41, 5.74) is 4.26. The van der Waals surface area contributed by atoms with Crippen molar-refractivity contribution in [1.29, 1.82) is 0 Å². The van der Waals surface area contributed by atoms with E-state index < -0.39 is 0 Å². The average molecular weight is 199 g/mol. The number of rotatable bonds is 2. The maximum atomic E-state index is 9.17. The summed E-state index contributed by atoms with van der Waals surface area (Å²) in [5, 5.41) is 9.17. The quantitative estimate of drug-likeness (QED) is 0.806. The van der Waals surface area contributed by atoms with Crippen molar-refractivity contribution in [2.75, 3.05) is 0 Å². The molecule has 0 atom stereocenters. The van der Waals surface area contributed by atoms with Crippen molar-refractivity contribution in [3.63, 3.8) is 0 Å². The molecule has 0 fully saturated rings. The van der Waals surface area contributed by atoms with Crippen LogP contribution in [-0.2, 0) is 6.61 Å². The lowest BCUT2D eigenvalue weighted by Gasteiger charge is -2.06. The van der Waals surface area contributed by atoms with E-state index in [9.17, 15) is 5.11 Å². The van der Waals surface area contributed by atoms with Crippen molar-refractivity contribution in [2.45, 2.75) is 13.5 Å². The van der Waals surface area contributed by atoms with Crippen LogP contribution in [0.1, 0.15) is 11.1 Å². The van der Waals surface area contributed by atoms with Crippen molar-refractivity contribution < 1.29 is 5.11 Å². The maximum absolute atomic E-state index is 9.17. The summed E-state index contributed by atoms with van der Waals surface area (Å²) in [6.45, 7) is 2.08. The van der Waals surface area contributed by atoms with Gasteiger partial charge >= 0.3 is 0 Å². The van der Waals surface area contributed by atoms with E-state index in [0.29, 0.717) is 0 Å². The fourth-order valence-corrected chi connectivity index (χ4v) is 1.55. The van der Waals surface area contributed by atoms with Gasteiger partial charge in [0.15, 0.2) is 0 Å². The molecule has 1 aromatic carbocycles. The summed E-state index contributed by atoms with van der Waals surface area (Å²) >= 11 is 0. The minimum absolute atomic E-state index is 0.0833. The molecule has 2 nitrogen and oxygen atoms in total. The molecule has 0 saturated heterocycles. The van der Waals surface area contributed by atoms with E-state index in [1.807, 2.05) is 43.5 Å². The predicted octanol–water partition coefficient (Wildman–Crippen LogP) is 2.55. The molecule has 1 aromatic heterocycles. The Hall–Kier alpha value is -1.67. The highest BCUT2D eigenvalue weighted by atomic mass is 16.3. The number of nitrogens with zero attached hydrogens (tertiary/aromatic N) is 1. The van der Waals surface area contributed by atoms with Gasteiger partial charge in [-0.2, -0.15) is 0 Å². The second-order valence-corrected chi connectivity index (χ2v) is 3.54. The monoisotopic (exact) mass is 199 g/mol. The van der Waals surface area contributed by atoms with Gasteiger partial charge in [0.25, 0.3) is 0 Å². The van der Waals surface area contributed by atoms with Crippen molar-refractivity contribution in [2.24, 2.45) is 0 Å². The van der Waals surface area contributed by atoms with Crippen LogP contribution >= 0.6 is 0 Å². The van der Waals surface area contributed by atoms with Gasteiger partial charge in [0.1, 0.15) is 0 Å². The molecule has 0 aliphatic rings. The number of pyridine rings is 1. The van der Waals surface area contributed by atoms with Crippen LogP contribution in [0.2, 0.25) is 0 Å². The summed E-state index contributed by atoms with van der Waals surface area (Å²) < 4.78 is 0. The van der Waals surface area contributed by atoms with Crippen LogP contribution in [0.3, 0.4) is 0 Å². The summed E-state index contributed by atoms with van der Waals surface area (Å²) in [5.74, 6) is 0. The third-order valence-electron chi connectivity index (χ3n) is 2.51. The molecule has 76 valence electrons. The van der Waals surface area contributed by atoms with Crippen molar-refractivity contribution >= 4 is 0 Å². The van der Waals surface area contributed by atoms with E-state index in [-0.39, 0.29) is 6.61 Å². The highest BCUT2D eigenvalue weighted by molar-refractivity contribution is 5.63. The fourth-order valence-electron chi connectivity index (χ4n) is 1.55. The fraction of sp³-hybridized carbons (Fsp3) is 0.154. The smallest absolute Gasteiger partial charge is 0.0684 e. The largest absolute Gasteiger partial charge is 0.392 e. The molecule has 0 unspecified atom stereocenters. The Kier molecular flexibility index (Phi) is 2.79. The standard InChI is InChI=1S/C13H13NO/c1-10-4-5-11(7-13(10)9-15)12-3-2-6-14-8-12/h2-8,15H,9H2,1H3. The van der Waals surface area contributed by atoms with Crippen molar-refractivity contribution in [3.8, 4) is 11.1 Å². The van der Waals surface area contributed by atoms with E-state index in [4.69, 9.17) is 0 Å². The molecular weight excluding hydrogens is 186 g/mol. The molecule has 0 aliphatic heterocycles. The Bertz CT molecular complexity index is 451. The van der Waals surface area contributed by atoms with E-state index in [2.05, 4.69) is 4.98 Å². The number of aliphatic hydroxyl groups excluding tert-OH is 1. The lowest BCUT2D eigenvalue weighted by molar-refractivity contribution is 0.281. The van der Waals surface area contributed by atoms with E-state index in [1.54, 1.807) is 6.20 Å². The molecule has 0 spiro atoms. The third-order valence-corrected chi connectivity index (χ3v) is 2.51. The first kappa shape index (κ1) is 9.87. The number of aryl methyl sites for hydroxylation is 1. The van der Waals surface area contributed by atoms with Crippen LogP contribution in [0.15, 0.2) is 42.7 Å². The first-order valence-electron chi connectivity index (χ1n) is 4.92. The lowest BCUT2D eigenvalue weighted by Crippen LogP contribution is -1.89. The summed E-state index contributed by atoms with van der Waals surface area (Å²) in [6, 6.07) is 10.00. The molecule has 0 bridgehead atoms. The van der Waals surface area contributed by atoms with Gasteiger partial charge in [0.2, 0.25) is 0 Å². The molecule has 1 heterocycles. The second-order valence-electron chi connectivity index (χ2n) is 3.54. The molecule has 0 saturated carbocycles. The van der Waals surface area contributed by atoms with E-state index >= 15 is 0 Å². The Morgan fingerprint density at radius 3 is 2.73 bits per heavy atom. The van der Waals surface area contributed by atoms with E-state index in [0.717, 1.165) is 22.3 Å². The van der Waals surface area contributed by atoms with Crippen LogP contribution in [0.5, 0.6) is 0 Å². The minimum Gasteiger partial charge on any atom is -0.392 e. The van der Waals surface area contributed by atoms with Crippen LogP contribution in [-0.4, -0.2) is 10.1 Å². The van der Waals surface area contributed by atoms with E-state index in [1.165, 1.54) is 0 Å².